The van der Waals surface area contributed by atoms with Gasteiger partial charge in [0.15, 0.2) is 0 Å². The highest BCUT2D eigenvalue weighted by atomic mass is 15.2. The molecule has 2 rings (SSSR count). The smallest absolute Gasteiger partial charge is 0.0160 e. The zero-order valence-corrected chi connectivity index (χ0v) is 9.47. The summed E-state index contributed by atoms with van der Waals surface area (Å²) in [6.07, 6.45) is 9.29. The zero-order chi connectivity index (χ0) is 10.0. The van der Waals surface area contributed by atoms with Gasteiger partial charge in [-0.2, -0.15) is 0 Å². The molecule has 0 spiro atoms. The second-order valence-electron chi connectivity index (χ2n) is 5.20. The average Bonchev–Trinajstić information content (AvgIpc) is 2.70. The van der Waals surface area contributed by atoms with Crippen molar-refractivity contribution in [3.63, 3.8) is 0 Å². The van der Waals surface area contributed by atoms with E-state index in [1.807, 2.05) is 6.08 Å². The molecule has 0 N–H and O–H groups in total. The first-order valence-electron chi connectivity index (χ1n) is 6.14. The van der Waals surface area contributed by atoms with Gasteiger partial charge in [0.25, 0.3) is 0 Å². The van der Waals surface area contributed by atoms with Crippen LogP contribution in [0.1, 0.15) is 39.0 Å². The second kappa shape index (κ2) is 4.06. The lowest BCUT2D eigenvalue weighted by Crippen LogP contribution is -2.25. The normalized spacial score (nSPS) is 35.6. The van der Waals surface area contributed by atoms with Gasteiger partial charge in [-0.1, -0.05) is 32.3 Å². The Morgan fingerprint density at radius 1 is 1.50 bits per heavy atom. The molecule has 14 heavy (non-hydrogen) atoms. The van der Waals surface area contributed by atoms with E-state index in [-0.39, 0.29) is 0 Å². The standard InChI is InChI=1S/C13H23N/c1-3-5-6-7-13-9-12(13)10-14(11-13)8-4-2/h4,12H,2-3,5-11H2,1H3. The van der Waals surface area contributed by atoms with E-state index in [0.29, 0.717) is 0 Å². The number of rotatable bonds is 6. The van der Waals surface area contributed by atoms with Crippen molar-refractivity contribution in [2.24, 2.45) is 11.3 Å². The van der Waals surface area contributed by atoms with Gasteiger partial charge in [0, 0.05) is 19.6 Å². The highest BCUT2D eigenvalue weighted by molar-refractivity contribution is 5.10. The van der Waals surface area contributed by atoms with Crippen LogP contribution in [0.25, 0.3) is 0 Å². The minimum atomic E-state index is 0.762. The van der Waals surface area contributed by atoms with E-state index in [0.717, 1.165) is 17.9 Å². The summed E-state index contributed by atoms with van der Waals surface area (Å²) < 4.78 is 0. The topological polar surface area (TPSA) is 3.24 Å². The maximum Gasteiger partial charge on any atom is 0.0160 e. The Kier molecular flexibility index (Phi) is 2.96. The van der Waals surface area contributed by atoms with Crippen LogP contribution < -0.4 is 0 Å². The molecular weight excluding hydrogens is 170 g/mol. The first-order chi connectivity index (χ1) is 6.80. The van der Waals surface area contributed by atoms with Crippen molar-refractivity contribution in [3.8, 4) is 0 Å². The molecule has 1 heterocycles. The van der Waals surface area contributed by atoms with Gasteiger partial charge in [-0.3, -0.25) is 4.90 Å². The number of fused-ring (bicyclic) bond motifs is 1. The molecule has 0 aromatic carbocycles. The Morgan fingerprint density at radius 2 is 2.36 bits per heavy atom. The van der Waals surface area contributed by atoms with Gasteiger partial charge in [-0.25, -0.2) is 0 Å². The number of hydrogen-bond acceptors (Lipinski definition) is 1. The summed E-state index contributed by atoms with van der Waals surface area (Å²) in [5.74, 6) is 1.04. The molecule has 1 saturated heterocycles. The monoisotopic (exact) mass is 193 g/mol. The third kappa shape index (κ3) is 1.88. The predicted octanol–water partition coefficient (Wildman–Crippen LogP) is 3.07. The average molecular weight is 193 g/mol. The molecule has 0 radical (unpaired) electrons. The molecule has 1 heteroatoms. The van der Waals surface area contributed by atoms with E-state index < -0.39 is 0 Å². The molecule has 1 nitrogen and oxygen atoms in total. The molecule has 2 fully saturated rings. The van der Waals surface area contributed by atoms with Crippen LogP contribution in [0.4, 0.5) is 0 Å². The third-order valence-electron chi connectivity index (χ3n) is 4.04. The summed E-state index contributed by atoms with van der Waals surface area (Å²) in [7, 11) is 0. The van der Waals surface area contributed by atoms with E-state index >= 15 is 0 Å². The largest absolute Gasteiger partial charge is 0.299 e. The fourth-order valence-corrected chi connectivity index (χ4v) is 3.14. The molecule has 2 aliphatic rings. The van der Waals surface area contributed by atoms with Crippen molar-refractivity contribution in [1.82, 2.24) is 4.90 Å². The van der Waals surface area contributed by atoms with Crippen molar-refractivity contribution in [3.05, 3.63) is 12.7 Å². The highest BCUT2D eigenvalue weighted by Crippen LogP contribution is 2.60. The van der Waals surface area contributed by atoms with E-state index in [1.54, 1.807) is 0 Å². The molecule has 0 bridgehead atoms. The molecule has 2 unspecified atom stereocenters. The number of nitrogens with zero attached hydrogens (tertiary/aromatic N) is 1. The van der Waals surface area contributed by atoms with E-state index in [2.05, 4.69) is 18.4 Å². The summed E-state index contributed by atoms with van der Waals surface area (Å²) in [5, 5.41) is 0. The molecule has 80 valence electrons. The van der Waals surface area contributed by atoms with Crippen molar-refractivity contribution in [2.75, 3.05) is 19.6 Å². The molecule has 1 aliphatic carbocycles. The van der Waals surface area contributed by atoms with Crippen molar-refractivity contribution in [1.29, 1.82) is 0 Å². The van der Waals surface area contributed by atoms with Crippen LogP contribution in [0.5, 0.6) is 0 Å². The van der Waals surface area contributed by atoms with E-state index in [1.165, 1.54) is 45.2 Å². The van der Waals surface area contributed by atoms with Gasteiger partial charge in [-0.15, -0.1) is 6.58 Å². The summed E-state index contributed by atoms with van der Waals surface area (Å²) in [6, 6.07) is 0. The van der Waals surface area contributed by atoms with Gasteiger partial charge >= 0.3 is 0 Å². The number of piperidine rings is 1. The van der Waals surface area contributed by atoms with Crippen molar-refractivity contribution >= 4 is 0 Å². The maximum atomic E-state index is 3.82. The highest BCUT2D eigenvalue weighted by Gasteiger charge is 2.58. The molecular formula is C13H23N. The molecule has 1 aliphatic heterocycles. The fraction of sp³-hybridized carbons (Fsp3) is 0.846. The number of hydrogen-bond donors (Lipinski definition) is 0. The van der Waals surface area contributed by atoms with Gasteiger partial charge in [0.1, 0.15) is 0 Å². The van der Waals surface area contributed by atoms with Crippen LogP contribution in [-0.4, -0.2) is 24.5 Å². The van der Waals surface area contributed by atoms with Crippen LogP contribution >= 0.6 is 0 Å². The van der Waals surface area contributed by atoms with Crippen LogP contribution in [0.15, 0.2) is 12.7 Å². The molecule has 0 amide bonds. The number of unbranched alkanes of at least 4 members (excludes halogenated alkanes) is 2. The maximum absolute atomic E-state index is 3.82. The van der Waals surface area contributed by atoms with E-state index in [9.17, 15) is 0 Å². The van der Waals surface area contributed by atoms with Crippen LogP contribution in [0, 0.1) is 11.3 Å². The summed E-state index contributed by atoms with van der Waals surface area (Å²) in [5.41, 5.74) is 0.762. The van der Waals surface area contributed by atoms with Gasteiger partial charge in [0.05, 0.1) is 0 Å². The Hall–Kier alpha value is -0.300. The van der Waals surface area contributed by atoms with Crippen LogP contribution in [-0.2, 0) is 0 Å². The Balaban J connectivity index is 1.74. The fourth-order valence-electron chi connectivity index (χ4n) is 3.14. The van der Waals surface area contributed by atoms with Crippen molar-refractivity contribution < 1.29 is 0 Å². The zero-order valence-electron chi connectivity index (χ0n) is 9.47. The molecule has 0 aromatic heterocycles. The minimum absolute atomic E-state index is 0.762. The summed E-state index contributed by atoms with van der Waals surface area (Å²) in [4.78, 5) is 2.58. The lowest BCUT2D eigenvalue weighted by atomic mass is 9.97. The first kappa shape index (κ1) is 10.2. The van der Waals surface area contributed by atoms with Gasteiger partial charge < -0.3 is 0 Å². The Bertz CT molecular complexity index is 211. The van der Waals surface area contributed by atoms with E-state index in [4.69, 9.17) is 0 Å². The lowest BCUT2D eigenvalue weighted by molar-refractivity contribution is 0.296. The predicted molar refractivity (Wildman–Crippen MR) is 61.3 cm³/mol. The SMILES string of the molecule is C=CCN1CC2CC2(CCCCC)C1. The summed E-state index contributed by atoms with van der Waals surface area (Å²) in [6.45, 7) is 9.92. The lowest BCUT2D eigenvalue weighted by Gasteiger charge is -2.18. The third-order valence-corrected chi connectivity index (χ3v) is 4.04. The Morgan fingerprint density at radius 3 is 3.07 bits per heavy atom. The van der Waals surface area contributed by atoms with Gasteiger partial charge in [-0.05, 0) is 24.2 Å². The first-order valence-corrected chi connectivity index (χ1v) is 6.14. The van der Waals surface area contributed by atoms with Crippen molar-refractivity contribution in [2.45, 2.75) is 39.0 Å². The second-order valence-corrected chi connectivity index (χ2v) is 5.20. The summed E-state index contributed by atoms with van der Waals surface area (Å²) >= 11 is 0. The number of likely N-dealkylation sites (tertiary alicyclic amines) is 1. The van der Waals surface area contributed by atoms with Gasteiger partial charge in [0.2, 0.25) is 0 Å². The van der Waals surface area contributed by atoms with Crippen LogP contribution in [0.3, 0.4) is 0 Å². The molecule has 1 saturated carbocycles. The van der Waals surface area contributed by atoms with Crippen LogP contribution in [0.2, 0.25) is 0 Å². The molecule has 2 atom stereocenters. The minimum Gasteiger partial charge on any atom is -0.299 e. The molecule has 0 aromatic rings. The quantitative estimate of drug-likeness (QED) is 0.463. The Labute approximate surface area is 88.2 Å².